The highest BCUT2D eigenvalue weighted by atomic mass is 32.2. The van der Waals surface area contributed by atoms with Crippen molar-refractivity contribution >= 4 is 11.8 Å². The predicted octanol–water partition coefficient (Wildman–Crippen LogP) is 2.33. The summed E-state index contributed by atoms with van der Waals surface area (Å²) in [6, 6.07) is 5.01. The van der Waals surface area contributed by atoms with Crippen molar-refractivity contribution in [2.45, 2.75) is 29.1 Å². The molecule has 0 heterocycles. The fraction of sp³-hybridized carbons (Fsp3) is 0.500. The molecule has 0 radical (unpaired) electrons. The number of hydrogen-bond acceptors (Lipinski definition) is 3. The summed E-state index contributed by atoms with van der Waals surface area (Å²) in [5.41, 5.74) is 0.631. The summed E-state index contributed by atoms with van der Waals surface area (Å²) in [6.45, 7) is 0.439. The topological polar surface area (TPSA) is 32.3 Å². The van der Waals surface area contributed by atoms with E-state index in [-0.39, 0.29) is 5.82 Å². The lowest BCUT2D eigenvalue weighted by Gasteiger charge is -2.11. The van der Waals surface area contributed by atoms with Gasteiger partial charge < -0.3 is 10.4 Å². The molecular formula is C12H16FNOS. The SMILES string of the molecule is CNCC(O)c1ccc(SC2CC2)c(F)c1. The molecule has 1 aromatic rings. The van der Waals surface area contributed by atoms with Crippen LogP contribution >= 0.6 is 11.8 Å². The quantitative estimate of drug-likeness (QED) is 0.830. The Morgan fingerprint density at radius 1 is 1.56 bits per heavy atom. The van der Waals surface area contributed by atoms with E-state index in [0.717, 1.165) is 0 Å². The van der Waals surface area contributed by atoms with Gasteiger partial charge in [-0.05, 0) is 37.6 Å². The van der Waals surface area contributed by atoms with Crippen molar-refractivity contribution < 1.29 is 9.50 Å². The van der Waals surface area contributed by atoms with Crippen molar-refractivity contribution in [1.29, 1.82) is 0 Å². The van der Waals surface area contributed by atoms with Crippen LogP contribution in [-0.4, -0.2) is 23.9 Å². The highest BCUT2D eigenvalue weighted by Crippen LogP contribution is 2.40. The lowest BCUT2D eigenvalue weighted by atomic mass is 10.1. The molecule has 1 aliphatic rings. The van der Waals surface area contributed by atoms with Gasteiger partial charge in [0.05, 0.1) is 6.10 Å². The Morgan fingerprint density at radius 2 is 2.31 bits per heavy atom. The third kappa shape index (κ3) is 2.97. The fourth-order valence-corrected chi connectivity index (χ4v) is 2.55. The summed E-state index contributed by atoms with van der Waals surface area (Å²) in [4.78, 5) is 0.697. The molecule has 0 saturated heterocycles. The lowest BCUT2D eigenvalue weighted by Crippen LogP contribution is -2.16. The van der Waals surface area contributed by atoms with Crippen molar-refractivity contribution in [3.63, 3.8) is 0 Å². The Balaban J connectivity index is 2.08. The van der Waals surface area contributed by atoms with Crippen LogP contribution in [0.4, 0.5) is 4.39 Å². The zero-order chi connectivity index (χ0) is 11.5. The standard InChI is InChI=1S/C12H16FNOS/c1-14-7-11(15)8-2-5-12(10(13)6-8)16-9-3-4-9/h2,5-6,9,11,14-15H,3-4,7H2,1H3. The minimum Gasteiger partial charge on any atom is -0.387 e. The molecule has 2 rings (SSSR count). The number of halogens is 1. The highest BCUT2D eigenvalue weighted by Gasteiger charge is 2.24. The molecule has 1 unspecified atom stereocenters. The van der Waals surface area contributed by atoms with Crippen molar-refractivity contribution in [2.75, 3.05) is 13.6 Å². The highest BCUT2D eigenvalue weighted by molar-refractivity contribution is 8.00. The normalized spacial score (nSPS) is 17.4. The van der Waals surface area contributed by atoms with E-state index in [1.807, 2.05) is 0 Å². The van der Waals surface area contributed by atoms with Crippen LogP contribution in [0, 0.1) is 5.82 Å². The summed E-state index contributed by atoms with van der Waals surface area (Å²) in [6.07, 6.45) is 1.74. The Bertz CT molecular complexity index is 368. The van der Waals surface area contributed by atoms with Crippen molar-refractivity contribution in [2.24, 2.45) is 0 Å². The Labute approximate surface area is 99.2 Å². The van der Waals surface area contributed by atoms with Gasteiger partial charge in [-0.2, -0.15) is 0 Å². The van der Waals surface area contributed by atoms with Gasteiger partial charge in [0.2, 0.25) is 0 Å². The summed E-state index contributed by atoms with van der Waals surface area (Å²) >= 11 is 1.60. The van der Waals surface area contributed by atoms with Crippen LogP contribution in [-0.2, 0) is 0 Å². The van der Waals surface area contributed by atoms with Crippen LogP contribution in [0.2, 0.25) is 0 Å². The first-order valence-corrected chi connectivity index (χ1v) is 6.37. The van der Waals surface area contributed by atoms with Crippen LogP contribution in [0.5, 0.6) is 0 Å². The van der Waals surface area contributed by atoms with E-state index in [1.54, 1.807) is 30.9 Å². The first-order valence-electron chi connectivity index (χ1n) is 5.49. The molecule has 1 aromatic carbocycles. The van der Waals surface area contributed by atoms with E-state index in [4.69, 9.17) is 0 Å². The third-order valence-corrected chi connectivity index (χ3v) is 3.95. The van der Waals surface area contributed by atoms with Crippen LogP contribution in [0.15, 0.2) is 23.1 Å². The number of rotatable bonds is 5. The van der Waals surface area contributed by atoms with Gasteiger partial charge in [-0.1, -0.05) is 6.07 Å². The molecule has 0 spiro atoms. The lowest BCUT2D eigenvalue weighted by molar-refractivity contribution is 0.177. The second-order valence-corrected chi connectivity index (χ2v) is 5.42. The molecule has 1 fully saturated rings. The minimum absolute atomic E-state index is 0.218. The summed E-state index contributed by atoms with van der Waals surface area (Å²) in [7, 11) is 1.76. The Morgan fingerprint density at radius 3 is 2.88 bits per heavy atom. The summed E-state index contributed by atoms with van der Waals surface area (Å²) < 4.78 is 13.7. The maximum absolute atomic E-state index is 13.7. The van der Waals surface area contributed by atoms with E-state index in [0.29, 0.717) is 22.3 Å². The van der Waals surface area contributed by atoms with Gasteiger partial charge in [-0.15, -0.1) is 11.8 Å². The number of nitrogens with one attached hydrogen (secondary N) is 1. The van der Waals surface area contributed by atoms with Gasteiger partial charge in [0.15, 0.2) is 0 Å². The zero-order valence-electron chi connectivity index (χ0n) is 9.24. The number of benzene rings is 1. The molecular weight excluding hydrogens is 225 g/mol. The van der Waals surface area contributed by atoms with E-state index in [9.17, 15) is 9.50 Å². The zero-order valence-corrected chi connectivity index (χ0v) is 10.1. The average Bonchev–Trinajstić information content (AvgIpc) is 3.05. The molecule has 1 atom stereocenters. The molecule has 0 amide bonds. The van der Waals surface area contributed by atoms with Crippen molar-refractivity contribution in [3.05, 3.63) is 29.6 Å². The van der Waals surface area contributed by atoms with Gasteiger partial charge in [0, 0.05) is 16.7 Å². The summed E-state index contributed by atoms with van der Waals surface area (Å²) in [5, 5.41) is 13.2. The number of aliphatic hydroxyl groups excluding tert-OH is 1. The fourth-order valence-electron chi connectivity index (χ4n) is 1.50. The number of likely N-dealkylation sites (N-methyl/N-ethyl adjacent to an activating group) is 1. The molecule has 88 valence electrons. The van der Waals surface area contributed by atoms with E-state index >= 15 is 0 Å². The molecule has 2 N–H and O–H groups in total. The van der Waals surface area contributed by atoms with Crippen LogP contribution in [0.1, 0.15) is 24.5 Å². The number of thioether (sulfide) groups is 1. The van der Waals surface area contributed by atoms with Gasteiger partial charge in [0.1, 0.15) is 5.82 Å². The second-order valence-electron chi connectivity index (χ2n) is 4.08. The van der Waals surface area contributed by atoms with Crippen LogP contribution in [0.3, 0.4) is 0 Å². The van der Waals surface area contributed by atoms with Gasteiger partial charge in [0.25, 0.3) is 0 Å². The number of aliphatic hydroxyl groups is 1. The smallest absolute Gasteiger partial charge is 0.137 e. The molecule has 0 bridgehead atoms. The van der Waals surface area contributed by atoms with Gasteiger partial charge in [-0.25, -0.2) is 4.39 Å². The van der Waals surface area contributed by atoms with Gasteiger partial charge in [-0.3, -0.25) is 0 Å². The largest absolute Gasteiger partial charge is 0.387 e. The molecule has 0 aromatic heterocycles. The van der Waals surface area contributed by atoms with Crippen LogP contribution < -0.4 is 5.32 Å². The molecule has 4 heteroatoms. The first kappa shape index (κ1) is 11.9. The van der Waals surface area contributed by atoms with E-state index in [1.165, 1.54) is 18.9 Å². The summed E-state index contributed by atoms with van der Waals surface area (Å²) in [5.74, 6) is -0.218. The molecule has 2 nitrogen and oxygen atoms in total. The predicted molar refractivity (Wildman–Crippen MR) is 64.2 cm³/mol. The third-order valence-electron chi connectivity index (χ3n) is 2.56. The van der Waals surface area contributed by atoms with Gasteiger partial charge >= 0.3 is 0 Å². The maximum Gasteiger partial charge on any atom is 0.137 e. The maximum atomic E-state index is 13.7. The molecule has 1 saturated carbocycles. The van der Waals surface area contributed by atoms with Crippen molar-refractivity contribution in [1.82, 2.24) is 5.32 Å². The Kier molecular flexibility index (Phi) is 3.84. The van der Waals surface area contributed by atoms with E-state index < -0.39 is 6.10 Å². The number of hydrogen-bond donors (Lipinski definition) is 2. The second kappa shape index (κ2) is 5.17. The van der Waals surface area contributed by atoms with Crippen molar-refractivity contribution in [3.8, 4) is 0 Å². The Hall–Kier alpha value is -0.580. The van der Waals surface area contributed by atoms with Crippen LogP contribution in [0.25, 0.3) is 0 Å². The monoisotopic (exact) mass is 241 g/mol. The molecule has 1 aliphatic carbocycles. The van der Waals surface area contributed by atoms with E-state index in [2.05, 4.69) is 5.32 Å². The molecule has 0 aliphatic heterocycles. The molecule has 16 heavy (non-hydrogen) atoms. The first-order chi connectivity index (χ1) is 7.70. The minimum atomic E-state index is -0.639. The average molecular weight is 241 g/mol.